The van der Waals surface area contributed by atoms with E-state index in [0.29, 0.717) is 0 Å². The first-order valence-corrected chi connectivity index (χ1v) is 3.21. The molecule has 0 saturated carbocycles. The van der Waals surface area contributed by atoms with E-state index in [1.54, 1.807) is 0 Å². The summed E-state index contributed by atoms with van der Waals surface area (Å²) in [4.78, 5) is 0. The first-order valence-electron chi connectivity index (χ1n) is 1.07. The Morgan fingerprint density at radius 2 is 0.714 bits per heavy atom. The highest BCUT2D eigenvalue weighted by Gasteiger charge is 1.42. The van der Waals surface area contributed by atoms with Gasteiger partial charge in [0.2, 0.25) is 0 Å². The smallest absolute Gasteiger partial charge is 0.0967 e. The molecule has 0 amide bonds. The molecule has 5 heteroatoms. The van der Waals surface area contributed by atoms with Crippen LogP contribution in [0, 0.1) is 0 Å². The van der Waals surface area contributed by atoms with Crippen molar-refractivity contribution in [3.8, 4) is 0 Å². The Balaban J connectivity index is -0.0000000400. The van der Waals surface area contributed by atoms with E-state index in [0.717, 1.165) is 0 Å². The highest BCUT2D eigenvalue weighted by Crippen LogP contribution is 1.73. The monoisotopic (exact) mass is 196 g/mol. The number of hydrogen-bond donors (Lipinski definition) is 0. The fourth-order valence-corrected chi connectivity index (χ4v) is 0. The van der Waals surface area contributed by atoms with Crippen LogP contribution in [0.3, 0.4) is 0 Å². The maximum atomic E-state index is 4.76. The first-order chi connectivity index (χ1) is 2.83. The quantitative estimate of drug-likeness (QED) is 0.414. The van der Waals surface area contributed by atoms with E-state index >= 15 is 0 Å². The van der Waals surface area contributed by atoms with Crippen LogP contribution in [0.25, 0.3) is 0 Å². The van der Waals surface area contributed by atoms with Gasteiger partial charge in [0.1, 0.15) is 0 Å². The van der Waals surface area contributed by atoms with Gasteiger partial charge in [0, 0.05) is 11.0 Å². The van der Waals surface area contributed by atoms with Crippen molar-refractivity contribution in [1.29, 1.82) is 0 Å². The molecule has 0 aliphatic rings. The predicted octanol–water partition coefficient (Wildman–Crippen LogP) is 2.46. The van der Waals surface area contributed by atoms with Crippen LogP contribution in [-0.2, 0) is 0 Å². The third kappa shape index (κ3) is 112. The molecule has 0 aliphatic carbocycles. The van der Waals surface area contributed by atoms with Gasteiger partial charge in [0.15, 0.2) is 0 Å². The Morgan fingerprint density at radius 3 is 0.714 bits per heavy atom. The van der Waals surface area contributed by atoms with E-state index in [1.165, 1.54) is 0 Å². The molecule has 0 spiro atoms. The maximum absolute atomic E-state index is 4.76. The lowest BCUT2D eigenvalue weighted by Crippen LogP contribution is -1.24. The second-order valence-corrected chi connectivity index (χ2v) is 1.82. The molecule has 0 rings (SSSR count). The fraction of sp³-hybridized carbons (Fsp3) is 1.00. The molecule has 0 N–H and O–H groups in total. The van der Waals surface area contributed by atoms with Crippen molar-refractivity contribution in [3.63, 3.8) is 0 Å². The normalized spacial score (nSPS) is 5.14. The molecule has 0 aromatic heterocycles. The molecule has 0 fully saturated rings. The molecule has 0 aliphatic heterocycles. The number of hydrogen-bond acceptors (Lipinski definition) is 0. The third-order valence-electron chi connectivity index (χ3n) is 0. The maximum Gasteiger partial charge on any atom is 0.0967 e. The minimum absolute atomic E-state index is 0. The molecular formula is C2H4Cl4Si. The van der Waals surface area contributed by atoms with Gasteiger partial charge in [0.05, 0.1) is 10.7 Å². The van der Waals surface area contributed by atoms with Crippen LogP contribution in [0.2, 0.25) is 0 Å². The van der Waals surface area contributed by atoms with E-state index in [9.17, 15) is 0 Å². The van der Waals surface area contributed by atoms with Gasteiger partial charge in [-0.15, -0.1) is 46.4 Å². The number of rotatable bonds is 0. The summed E-state index contributed by atoms with van der Waals surface area (Å²) in [5.74, 6) is 0. The lowest BCUT2D eigenvalue weighted by Gasteiger charge is -1.42. The lowest BCUT2D eigenvalue weighted by molar-refractivity contribution is 2.20. The van der Waals surface area contributed by atoms with E-state index in [4.69, 9.17) is 46.4 Å². The second-order valence-electron chi connectivity index (χ2n) is 0.202. The molecule has 4 radical (unpaired) electrons. The molecule has 0 saturated heterocycles. The Labute approximate surface area is 68.1 Å². The molecule has 0 atom stereocenters. The number of alkyl halides is 4. The molecule has 0 heterocycles. The van der Waals surface area contributed by atoms with Gasteiger partial charge in [-0.25, -0.2) is 0 Å². The van der Waals surface area contributed by atoms with Gasteiger partial charge in [-0.05, 0) is 0 Å². The van der Waals surface area contributed by atoms with E-state index < -0.39 is 0 Å². The summed E-state index contributed by atoms with van der Waals surface area (Å²) < 4.78 is 0. The predicted molar refractivity (Wildman–Crippen MR) is 38.9 cm³/mol. The van der Waals surface area contributed by atoms with Crippen LogP contribution in [0.15, 0.2) is 0 Å². The Kier molecular flexibility index (Phi) is 59.3. The summed E-state index contributed by atoms with van der Waals surface area (Å²) in [6.45, 7) is 0. The SMILES string of the molecule is ClCCl.ClCCl.[Si]. The zero-order valence-corrected chi connectivity index (χ0v) is 7.45. The van der Waals surface area contributed by atoms with Gasteiger partial charge < -0.3 is 0 Å². The molecule has 7 heavy (non-hydrogen) atoms. The summed E-state index contributed by atoms with van der Waals surface area (Å²) in [7, 11) is 0. The van der Waals surface area contributed by atoms with E-state index in [2.05, 4.69) is 0 Å². The zero-order valence-electron chi connectivity index (χ0n) is 3.43. The topological polar surface area (TPSA) is 0 Å². The van der Waals surface area contributed by atoms with Crippen molar-refractivity contribution < 1.29 is 0 Å². The van der Waals surface area contributed by atoms with Crippen molar-refractivity contribution in [1.82, 2.24) is 0 Å². The van der Waals surface area contributed by atoms with Gasteiger partial charge in [-0.2, -0.15) is 0 Å². The molecule has 0 aromatic rings. The van der Waals surface area contributed by atoms with Crippen molar-refractivity contribution in [2.24, 2.45) is 0 Å². The fourth-order valence-electron chi connectivity index (χ4n) is 0. The summed E-state index contributed by atoms with van der Waals surface area (Å²) in [5, 5.41) is 0.389. The van der Waals surface area contributed by atoms with Crippen molar-refractivity contribution in [3.05, 3.63) is 0 Å². The van der Waals surface area contributed by atoms with Crippen LogP contribution in [0.4, 0.5) is 0 Å². The van der Waals surface area contributed by atoms with Crippen LogP contribution in [0.5, 0.6) is 0 Å². The Hall–Kier alpha value is 1.38. The summed E-state index contributed by atoms with van der Waals surface area (Å²) in [6.07, 6.45) is 0. The highest BCUT2D eigenvalue weighted by atomic mass is 35.5. The minimum Gasteiger partial charge on any atom is -0.109 e. The molecule has 44 valence electrons. The van der Waals surface area contributed by atoms with Crippen molar-refractivity contribution in [2.45, 2.75) is 0 Å². The van der Waals surface area contributed by atoms with Crippen LogP contribution in [0.1, 0.15) is 0 Å². The van der Waals surface area contributed by atoms with E-state index in [1.807, 2.05) is 0 Å². The van der Waals surface area contributed by atoms with Crippen LogP contribution < -0.4 is 0 Å². The Morgan fingerprint density at radius 1 is 0.714 bits per heavy atom. The standard InChI is InChI=1S/2CH2Cl2.Si/c2*2-1-3;/h2*1H2;. The number of halogens is 4. The molecule has 0 unspecified atom stereocenters. The largest absolute Gasteiger partial charge is 0.109 e. The summed E-state index contributed by atoms with van der Waals surface area (Å²) >= 11 is 19.1. The van der Waals surface area contributed by atoms with Crippen molar-refractivity contribution >= 4 is 57.4 Å². The van der Waals surface area contributed by atoms with Gasteiger partial charge in [0.25, 0.3) is 0 Å². The average molecular weight is 198 g/mol. The molecule has 0 nitrogen and oxygen atoms in total. The minimum atomic E-state index is 0. The zero-order chi connectivity index (χ0) is 5.41. The Bertz CT molecular complexity index is 11.7. The van der Waals surface area contributed by atoms with Gasteiger partial charge in [-0.1, -0.05) is 0 Å². The third-order valence-corrected chi connectivity index (χ3v) is 0. The second kappa shape index (κ2) is 26.3. The highest BCUT2D eigenvalue weighted by molar-refractivity contribution is 6.40. The van der Waals surface area contributed by atoms with Gasteiger partial charge >= 0.3 is 0 Å². The van der Waals surface area contributed by atoms with Gasteiger partial charge in [-0.3, -0.25) is 0 Å². The lowest BCUT2D eigenvalue weighted by atomic mass is 11.9. The average Bonchev–Trinajstić information content (AvgIpc) is 1.39. The summed E-state index contributed by atoms with van der Waals surface area (Å²) in [6, 6.07) is 0. The van der Waals surface area contributed by atoms with E-state index in [-0.39, 0.29) is 21.6 Å². The first kappa shape index (κ1) is 15.8. The van der Waals surface area contributed by atoms with Crippen molar-refractivity contribution in [2.75, 3.05) is 10.7 Å². The van der Waals surface area contributed by atoms with Crippen LogP contribution >= 0.6 is 46.4 Å². The molecule has 0 bridgehead atoms. The molecular weight excluding hydrogens is 194 g/mol. The van der Waals surface area contributed by atoms with Crippen LogP contribution in [-0.4, -0.2) is 21.6 Å². The molecule has 0 aromatic carbocycles. The summed E-state index contributed by atoms with van der Waals surface area (Å²) in [5.41, 5.74) is 0.